The number of carbonyl (C=O) groups excluding carboxylic acids is 1. The summed E-state index contributed by atoms with van der Waals surface area (Å²) in [6, 6.07) is 7.07. The van der Waals surface area contributed by atoms with E-state index in [4.69, 9.17) is 4.74 Å². The van der Waals surface area contributed by atoms with Crippen molar-refractivity contribution in [1.82, 2.24) is 9.62 Å². The van der Waals surface area contributed by atoms with Crippen LogP contribution in [0.2, 0.25) is 0 Å². The number of sulfonamides is 1. The van der Waals surface area contributed by atoms with Gasteiger partial charge in [0.1, 0.15) is 6.10 Å². The lowest BCUT2D eigenvalue weighted by Gasteiger charge is -2.34. The number of piperidine rings is 1. The first-order chi connectivity index (χ1) is 12.9. The number of benzene rings is 1. The van der Waals surface area contributed by atoms with Gasteiger partial charge < -0.3 is 15.0 Å². The van der Waals surface area contributed by atoms with Gasteiger partial charge in [0.25, 0.3) is 0 Å². The number of amides is 1. The zero-order valence-corrected chi connectivity index (χ0v) is 16.9. The van der Waals surface area contributed by atoms with Crippen LogP contribution in [0.1, 0.15) is 25.7 Å². The Morgan fingerprint density at radius 1 is 1.19 bits per heavy atom. The molecule has 2 saturated heterocycles. The minimum atomic E-state index is -3.39. The molecule has 0 saturated carbocycles. The average Bonchev–Trinajstić information content (AvgIpc) is 3.21. The first kappa shape index (κ1) is 20.1. The van der Waals surface area contributed by atoms with Crippen LogP contribution in [0.25, 0.3) is 0 Å². The van der Waals surface area contributed by atoms with E-state index in [-0.39, 0.29) is 12.0 Å². The quantitative estimate of drug-likeness (QED) is 0.789. The molecule has 1 N–H and O–H groups in total. The van der Waals surface area contributed by atoms with Crippen molar-refractivity contribution in [3.05, 3.63) is 24.3 Å². The Balaban J connectivity index is 1.48. The molecular weight excluding hydrogens is 366 g/mol. The molecule has 0 spiro atoms. The molecule has 1 aromatic carbocycles. The van der Waals surface area contributed by atoms with Gasteiger partial charge in [-0.25, -0.2) is 12.7 Å². The maximum atomic E-state index is 12.2. The summed E-state index contributed by atoms with van der Waals surface area (Å²) in [4.78, 5) is 14.6. The third kappa shape index (κ3) is 4.80. The van der Waals surface area contributed by atoms with Gasteiger partial charge in [-0.1, -0.05) is 0 Å². The second-order valence-corrected chi connectivity index (χ2v) is 9.61. The number of carbonyl (C=O) groups is 1. The van der Waals surface area contributed by atoms with Crippen LogP contribution in [-0.4, -0.2) is 65.1 Å². The van der Waals surface area contributed by atoms with E-state index in [9.17, 15) is 13.2 Å². The second kappa shape index (κ2) is 8.58. The first-order valence-electron chi connectivity index (χ1n) is 9.55. The Hall–Kier alpha value is -1.64. The van der Waals surface area contributed by atoms with Crippen molar-refractivity contribution in [2.45, 2.75) is 36.7 Å². The summed E-state index contributed by atoms with van der Waals surface area (Å²) in [6.07, 6.45) is 3.53. The Bertz CT molecular complexity index is 735. The Kier molecular flexibility index (Phi) is 6.39. The molecule has 3 rings (SSSR count). The summed E-state index contributed by atoms with van der Waals surface area (Å²) in [5.74, 6) is 0.493. The molecule has 0 aromatic heterocycles. The van der Waals surface area contributed by atoms with Crippen molar-refractivity contribution in [1.29, 1.82) is 0 Å². The van der Waals surface area contributed by atoms with E-state index < -0.39 is 10.0 Å². The Labute approximate surface area is 161 Å². The van der Waals surface area contributed by atoms with Gasteiger partial charge in [-0.3, -0.25) is 4.79 Å². The van der Waals surface area contributed by atoms with Crippen LogP contribution in [0.15, 0.2) is 29.2 Å². The van der Waals surface area contributed by atoms with E-state index in [0.717, 1.165) is 44.5 Å². The maximum Gasteiger partial charge on any atom is 0.249 e. The predicted molar refractivity (Wildman–Crippen MR) is 104 cm³/mol. The molecule has 2 fully saturated rings. The van der Waals surface area contributed by atoms with E-state index in [0.29, 0.717) is 24.0 Å². The number of nitrogens with zero attached hydrogens (tertiary/aromatic N) is 2. The van der Waals surface area contributed by atoms with Gasteiger partial charge in [-0.15, -0.1) is 0 Å². The fourth-order valence-corrected chi connectivity index (χ4v) is 4.48. The fraction of sp³-hybridized carbons (Fsp3) is 0.632. The molecule has 27 heavy (non-hydrogen) atoms. The molecule has 1 amide bonds. The zero-order valence-electron chi connectivity index (χ0n) is 16.1. The van der Waals surface area contributed by atoms with Crippen molar-refractivity contribution in [2.24, 2.45) is 5.92 Å². The van der Waals surface area contributed by atoms with Crippen LogP contribution in [-0.2, 0) is 19.6 Å². The normalized spacial score (nSPS) is 21.6. The smallest absolute Gasteiger partial charge is 0.249 e. The molecule has 7 nitrogen and oxygen atoms in total. The van der Waals surface area contributed by atoms with E-state index in [1.54, 1.807) is 12.1 Å². The maximum absolute atomic E-state index is 12.2. The monoisotopic (exact) mass is 395 g/mol. The van der Waals surface area contributed by atoms with E-state index in [2.05, 4.69) is 10.2 Å². The Morgan fingerprint density at radius 3 is 2.41 bits per heavy atom. The number of anilines is 1. The minimum Gasteiger partial charge on any atom is -0.372 e. The van der Waals surface area contributed by atoms with Gasteiger partial charge in [-0.2, -0.15) is 0 Å². The molecule has 0 unspecified atom stereocenters. The van der Waals surface area contributed by atoms with Crippen LogP contribution >= 0.6 is 0 Å². The van der Waals surface area contributed by atoms with Crippen LogP contribution < -0.4 is 10.2 Å². The Morgan fingerprint density at radius 2 is 1.85 bits per heavy atom. The van der Waals surface area contributed by atoms with Gasteiger partial charge >= 0.3 is 0 Å². The van der Waals surface area contributed by atoms with Gasteiger partial charge in [0, 0.05) is 46.0 Å². The summed E-state index contributed by atoms with van der Waals surface area (Å²) >= 11 is 0. The summed E-state index contributed by atoms with van der Waals surface area (Å²) in [7, 11) is -0.325. The molecule has 0 bridgehead atoms. The van der Waals surface area contributed by atoms with Crippen LogP contribution in [0, 0.1) is 5.92 Å². The fourth-order valence-electron chi connectivity index (χ4n) is 3.58. The van der Waals surface area contributed by atoms with Gasteiger partial charge in [0.2, 0.25) is 15.9 Å². The zero-order chi connectivity index (χ0) is 19.4. The highest BCUT2D eigenvalue weighted by Gasteiger charge is 2.25. The van der Waals surface area contributed by atoms with Crippen LogP contribution in [0.5, 0.6) is 0 Å². The highest BCUT2D eigenvalue weighted by molar-refractivity contribution is 7.89. The molecule has 150 valence electrons. The largest absolute Gasteiger partial charge is 0.372 e. The molecule has 2 heterocycles. The molecular formula is C19H29N3O4S. The lowest BCUT2D eigenvalue weighted by molar-refractivity contribution is -0.130. The van der Waals surface area contributed by atoms with Crippen molar-refractivity contribution in [2.75, 3.05) is 45.2 Å². The molecule has 2 aliphatic rings. The van der Waals surface area contributed by atoms with Gasteiger partial charge in [-0.05, 0) is 55.9 Å². The average molecular weight is 396 g/mol. The number of hydrogen-bond acceptors (Lipinski definition) is 5. The van der Waals surface area contributed by atoms with Crippen LogP contribution in [0.3, 0.4) is 0 Å². The topological polar surface area (TPSA) is 79.0 Å². The van der Waals surface area contributed by atoms with E-state index in [1.807, 2.05) is 12.1 Å². The second-order valence-electron chi connectivity index (χ2n) is 7.46. The number of nitrogens with one attached hydrogen (secondary N) is 1. The van der Waals surface area contributed by atoms with Gasteiger partial charge in [0.05, 0.1) is 4.90 Å². The summed E-state index contributed by atoms with van der Waals surface area (Å²) in [6.45, 7) is 3.19. The van der Waals surface area contributed by atoms with E-state index in [1.165, 1.54) is 18.4 Å². The minimum absolute atomic E-state index is 0.0209. The third-order valence-electron chi connectivity index (χ3n) is 5.38. The summed E-state index contributed by atoms with van der Waals surface area (Å²) < 4.78 is 30.9. The van der Waals surface area contributed by atoms with Crippen molar-refractivity contribution in [3.63, 3.8) is 0 Å². The molecule has 1 atom stereocenters. The number of rotatable bonds is 6. The third-order valence-corrected chi connectivity index (χ3v) is 7.21. The standard InChI is InChI=1S/C19H29N3O4S/c1-21(2)27(24,25)17-7-5-16(6-8-17)22-11-9-15(10-12-22)14-20-19(23)18-4-3-13-26-18/h5-8,15,18H,3-4,9-14H2,1-2H3,(H,20,23)/t18-/m0/s1. The first-order valence-corrected chi connectivity index (χ1v) is 11.0. The molecule has 1 aromatic rings. The molecule has 0 radical (unpaired) electrons. The van der Waals surface area contributed by atoms with Gasteiger partial charge in [0.15, 0.2) is 0 Å². The summed E-state index contributed by atoms with van der Waals surface area (Å²) in [5.41, 5.74) is 1.04. The predicted octanol–water partition coefficient (Wildman–Crippen LogP) is 1.45. The SMILES string of the molecule is CN(C)S(=O)(=O)c1ccc(N2CCC(CNC(=O)[C@@H]3CCCO3)CC2)cc1. The van der Waals surface area contributed by atoms with Crippen molar-refractivity contribution >= 4 is 21.6 Å². The highest BCUT2D eigenvalue weighted by Crippen LogP contribution is 2.25. The van der Waals surface area contributed by atoms with E-state index >= 15 is 0 Å². The lowest BCUT2D eigenvalue weighted by atomic mass is 9.96. The number of ether oxygens (including phenoxy) is 1. The molecule has 0 aliphatic carbocycles. The highest BCUT2D eigenvalue weighted by atomic mass is 32.2. The van der Waals surface area contributed by atoms with Crippen molar-refractivity contribution < 1.29 is 17.9 Å². The molecule has 2 aliphatic heterocycles. The lowest BCUT2D eigenvalue weighted by Crippen LogP contribution is -2.41. The van der Waals surface area contributed by atoms with Crippen LogP contribution in [0.4, 0.5) is 5.69 Å². The summed E-state index contributed by atoms with van der Waals surface area (Å²) in [5, 5.41) is 3.03. The number of hydrogen-bond donors (Lipinski definition) is 1. The van der Waals surface area contributed by atoms with Crippen molar-refractivity contribution in [3.8, 4) is 0 Å². The molecule has 8 heteroatoms.